The number of carbonyl (C=O) groups excluding carboxylic acids is 1. The molecule has 0 aliphatic carbocycles. The van der Waals surface area contributed by atoms with Gasteiger partial charge in [-0.25, -0.2) is 17.6 Å². The lowest BCUT2D eigenvalue weighted by Crippen LogP contribution is -2.57. The molecule has 26 heavy (non-hydrogen) atoms. The van der Waals surface area contributed by atoms with Gasteiger partial charge in [0.2, 0.25) is 0 Å². The van der Waals surface area contributed by atoms with Crippen molar-refractivity contribution in [3.63, 3.8) is 0 Å². The van der Waals surface area contributed by atoms with Crippen LogP contribution >= 0.6 is 0 Å². The minimum Gasteiger partial charge on any atom is -0.486 e. The molecule has 1 saturated heterocycles. The summed E-state index contributed by atoms with van der Waals surface area (Å²) in [5.74, 6) is -3.48. The highest BCUT2D eigenvalue weighted by atomic mass is 19.3. The van der Waals surface area contributed by atoms with E-state index in [1.54, 1.807) is 19.1 Å². The fraction of sp³-hybridized carbons (Fsp3) is 0.471. The number of fused-ring (bicyclic) bond motifs is 1. The molecule has 0 radical (unpaired) electrons. The largest absolute Gasteiger partial charge is 0.486 e. The summed E-state index contributed by atoms with van der Waals surface area (Å²) in [6, 6.07) is 3.52. The fourth-order valence-corrected chi connectivity index (χ4v) is 3.03. The lowest BCUT2D eigenvalue weighted by molar-refractivity contribution is -0.0543. The number of halogens is 4. The first-order valence-electron chi connectivity index (χ1n) is 8.20. The van der Waals surface area contributed by atoms with Crippen molar-refractivity contribution in [2.75, 3.05) is 19.7 Å². The number of aromatic nitrogens is 1. The van der Waals surface area contributed by atoms with Crippen LogP contribution in [0.2, 0.25) is 0 Å². The van der Waals surface area contributed by atoms with Gasteiger partial charge in [0.1, 0.15) is 24.1 Å². The first kappa shape index (κ1) is 18.5. The molecular formula is C17H19F4N3O2. The van der Waals surface area contributed by atoms with E-state index in [1.165, 1.54) is 16.7 Å². The molecule has 2 N–H and O–H groups in total. The minimum atomic E-state index is -2.99. The van der Waals surface area contributed by atoms with E-state index in [1.807, 2.05) is 0 Å². The minimum absolute atomic E-state index is 0.0240. The predicted octanol–water partition coefficient (Wildman–Crippen LogP) is 2.62. The van der Waals surface area contributed by atoms with Gasteiger partial charge in [0.25, 0.3) is 18.3 Å². The van der Waals surface area contributed by atoms with Gasteiger partial charge in [-0.3, -0.25) is 4.79 Å². The maximum Gasteiger partial charge on any atom is 0.272 e. The van der Waals surface area contributed by atoms with E-state index in [9.17, 15) is 22.4 Å². The maximum atomic E-state index is 14.0. The van der Waals surface area contributed by atoms with E-state index >= 15 is 0 Å². The van der Waals surface area contributed by atoms with E-state index in [4.69, 9.17) is 4.74 Å². The molecule has 1 aliphatic rings. The Morgan fingerprint density at radius 1 is 1.46 bits per heavy atom. The highest BCUT2D eigenvalue weighted by molar-refractivity contribution is 5.96. The van der Waals surface area contributed by atoms with E-state index in [-0.39, 0.29) is 31.0 Å². The molecule has 9 heteroatoms. The van der Waals surface area contributed by atoms with Crippen LogP contribution in [-0.2, 0) is 0 Å². The van der Waals surface area contributed by atoms with Crippen molar-refractivity contribution in [1.82, 2.24) is 15.0 Å². The van der Waals surface area contributed by atoms with E-state index < -0.39 is 30.9 Å². The molecule has 3 rings (SSSR count). The number of hydrogen-bond donors (Lipinski definition) is 2. The van der Waals surface area contributed by atoms with Gasteiger partial charge in [-0.2, -0.15) is 0 Å². The third kappa shape index (κ3) is 3.77. The number of ether oxygens (including phenoxy) is 1. The Morgan fingerprint density at radius 2 is 2.23 bits per heavy atom. The van der Waals surface area contributed by atoms with Gasteiger partial charge in [0, 0.05) is 25.0 Å². The summed E-state index contributed by atoms with van der Waals surface area (Å²) in [5, 5.41) is 5.22. The molecule has 0 saturated carbocycles. The molecule has 142 valence electrons. The highest BCUT2D eigenvalue weighted by Gasteiger charge is 2.42. The molecule has 1 fully saturated rings. The second-order valence-electron chi connectivity index (χ2n) is 6.28. The zero-order valence-corrected chi connectivity index (χ0v) is 14.1. The quantitative estimate of drug-likeness (QED) is 0.793. The molecule has 0 spiro atoms. The summed E-state index contributed by atoms with van der Waals surface area (Å²) in [5.41, 5.74) is 1.38. The Labute approximate surface area is 147 Å². The summed E-state index contributed by atoms with van der Waals surface area (Å²) in [4.78, 5) is 12.6. The Balaban J connectivity index is 1.86. The van der Waals surface area contributed by atoms with Crippen molar-refractivity contribution >= 4 is 11.4 Å². The molecule has 1 unspecified atom stereocenters. The molecule has 5 nitrogen and oxygen atoms in total. The van der Waals surface area contributed by atoms with Crippen LogP contribution < -0.4 is 15.4 Å². The van der Waals surface area contributed by atoms with Gasteiger partial charge < -0.3 is 19.8 Å². The summed E-state index contributed by atoms with van der Waals surface area (Å²) >= 11 is 0. The number of nitrogens with zero attached hydrogens (tertiary/aromatic N) is 1. The van der Waals surface area contributed by atoms with Crippen molar-refractivity contribution in [3.05, 3.63) is 35.7 Å². The third-order valence-corrected chi connectivity index (χ3v) is 4.32. The van der Waals surface area contributed by atoms with Gasteiger partial charge in [-0.15, -0.1) is 0 Å². The second-order valence-corrected chi connectivity index (χ2v) is 6.28. The number of piperidine rings is 1. The summed E-state index contributed by atoms with van der Waals surface area (Å²) in [7, 11) is 0. The van der Waals surface area contributed by atoms with Gasteiger partial charge in [-0.1, -0.05) is 0 Å². The number of hydrogen-bond acceptors (Lipinski definition) is 3. The Hall–Kier alpha value is -2.29. The zero-order chi connectivity index (χ0) is 18.9. The molecular weight excluding hydrogens is 354 g/mol. The zero-order valence-electron chi connectivity index (χ0n) is 14.1. The number of nitrogens with one attached hydrogen (secondary N) is 2. The van der Waals surface area contributed by atoms with E-state index in [0.29, 0.717) is 11.1 Å². The molecule has 2 aromatic rings. The standard InChI is InChI=1S/C17H19F4N3O2/c1-10-6-11-2-3-12(26-9-14(18)19)8-24(11)15(10)16(25)23-13-7-22-5-4-17(13,20)21/h2-3,6,8,13-14,22H,4-5,7,9H2,1H3,(H,23,25). The maximum absolute atomic E-state index is 14.0. The lowest BCUT2D eigenvalue weighted by Gasteiger charge is -2.32. The molecule has 0 aromatic carbocycles. The molecule has 1 aliphatic heterocycles. The highest BCUT2D eigenvalue weighted by Crippen LogP contribution is 2.26. The van der Waals surface area contributed by atoms with Gasteiger partial charge >= 0.3 is 0 Å². The average Bonchev–Trinajstić information content (AvgIpc) is 2.89. The number of aryl methyl sites for hydroxylation is 1. The average molecular weight is 373 g/mol. The van der Waals surface area contributed by atoms with Gasteiger partial charge in [0.15, 0.2) is 0 Å². The van der Waals surface area contributed by atoms with Crippen molar-refractivity contribution in [3.8, 4) is 5.75 Å². The van der Waals surface area contributed by atoms with Crippen LogP contribution in [0, 0.1) is 6.92 Å². The van der Waals surface area contributed by atoms with Gasteiger partial charge in [0.05, 0.1) is 6.20 Å². The second kappa shape index (κ2) is 7.14. The number of rotatable bonds is 5. The SMILES string of the molecule is Cc1cc2ccc(OCC(F)F)cn2c1C(=O)NC1CNCCC1(F)F. The number of amides is 1. The molecule has 3 heterocycles. The van der Waals surface area contributed by atoms with Gasteiger partial charge in [-0.05, 0) is 30.7 Å². The molecule has 2 aromatic heterocycles. The number of carbonyl (C=O) groups is 1. The smallest absolute Gasteiger partial charge is 0.272 e. The summed E-state index contributed by atoms with van der Waals surface area (Å²) in [6.45, 7) is 1.08. The summed E-state index contributed by atoms with van der Waals surface area (Å²) in [6.07, 6.45) is -1.57. The topological polar surface area (TPSA) is 54.8 Å². The van der Waals surface area contributed by atoms with Crippen LogP contribution in [0.5, 0.6) is 5.75 Å². The Bertz CT molecular complexity index is 807. The molecule has 1 atom stereocenters. The Morgan fingerprint density at radius 3 is 2.92 bits per heavy atom. The number of pyridine rings is 1. The molecule has 0 bridgehead atoms. The fourth-order valence-electron chi connectivity index (χ4n) is 3.03. The van der Waals surface area contributed by atoms with Crippen molar-refractivity contribution in [2.45, 2.75) is 31.7 Å². The number of alkyl halides is 4. The van der Waals surface area contributed by atoms with Crippen molar-refractivity contribution in [1.29, 1.82) is 0 Å². The lowest BCUT2D eigenvalue weighted by atomic mass is 10.0. The van der Waals surface area contributed by atoms with Crippen molar-refractivity contribution < 1.29 is 27.1 Å². The van der Waals surface area contributed by atoms with Crippen LogP contribution in [0.15, 0.2) is 24.4 Å². The van der Waals surface area contributed by atoms with Crippen LogP contribution in [-0.4, -0.2) is 48.4 Å². The van der Waals surface area contributed by atoms with Crippen molar-refractivity contribution in [2.24, 2.45) is 0 Å². The third-order valence-electron chi connectivity index (χ3n) is 4.32. The first-order valence-corrected chi connectivity index (χ1v) is 8.20. The van der Waals surface area contributed by atoms with E-state index in [2.05, 4.69) is 10.6 Å². The van der Waals surface area contributed by atoms with E-state index in [0.717, 1.165) is 0 Å². The monoisotopic (exact) mass is 373 g/mol. The van der Waals surface area contributed by atoms with Crippen LogP contribution in [0.25, 0.3) is 5.52 Å². The molecule has 1 amide bonds. The summed E-state index contributed by atoms with van der Waals surface area (Å²) < 4.78 is 59.0. The van der Waals surface area contributed by atoms with Crippen LogP contribution in [0.3, 0.4) is 0 Å². The first-order chi connectivity index (χ1) is 12.3. The predicted molar refractivity (Wildman–Crippen MR) is 87.3 cm³/mol. The Kier molecular flexibility index (Phi) is 5.08. The van der Waals surface area contributed by atoms with Crippen LogP contribution in [0.4, 0.5) is 17.6 Å². The van der Waals surface area contributed by atoms with Crippen LogP contribution in [0.1, 0.15) is 22.5 Å². The normalized spacial score (nSPS) is 19.7.